The van der Waals surface area contributed by atoms with Crippen LogP contribution in [0.4, 0.5) is 0 Å². The molecule has 1 N–H and O–H groups in total. The van der Waals surface area contributed by atoms with Crippen molar-refractivity contribution in [3.05, 3.63) is 40.2 Å². The molecule has 1 aromatic carbocycles. The van der Waals surface area contributed by atoms with Crippen molar-refractivity contribution in [2.45, 2.75) is 18.7 Å². The van der Waals surface area contributed by atoms with Gasteiger partial charge in [0.25, 0.3) is 5.56 Å². The number of thioether (sulfide) groups is 1. The molecule has 0 aliphatic heterocycles. The molecule has 4 heteroatoms. The van der Waals surface area contributed by atoms with E-state index in [9.17, 15) is 4.79 Å². The molecule has 1 heterocycles. The lowest BCUT2D eigenvalue weighted by atomic mass is 10.1. The van der Waals surface area contributed by atoms with Crippen LogP contribution in [0.15, 0.2) is 34.0 Å². The highest BCUT2D eigenvalue weighted by atomic mass is 32.2. The molecule has 0 saturated carbocycles. The lowest BCUT2D eigenvalue weighted by Crippen LogP contribution is -2.12. The first-order chi connectivity index (χ1) is 8.13. The van der Waals surface area contributed by atoms with Gasteiger partial charge in [0.05, 0.1) is 5.69 Å². The zero-order valence-electron chi connectivity index (χ0n) is 10.3. The fraction of sp³-hybridized carbons (Fsp3) is 0.308. The zero-order valence-corrected chi connectivity index (χ0v) is 11.1. The minimum Gasteiger partial charge on any atom is -0.295 e. The maximum absolute atomic E-state index is 11.7. The van der Waals surface area contributed by atoms with Gasteiger partial charge in [0.15, 0.2) is 0 Å². The van der Waals surface area contributed by atoms with Crippen LogP contribution in [0.1, 0.15) is 12.5 Å². The van der Waals surface area contributed by atoms with Gasteiger partial charge in [0.2, 0.25) is 0 Å². The number of nitrogens with one attached hydrogen (secondary N) is 1. The topological polar surface area (TPSA) is 37.8 Å². The Morgan fingerprint density at radius 2 is 1.94 bits per heavy atom. The normalized spacial score (nSPS) is 10.8. The van der Waals surface area contributed by atoms with E-state index < -0.39 is 0 Å². The van der Waals surface area contributed by atoms with Gasteiger partial charge in [-0.25, -0.2) is 0 Å². The summed E-state index contributed by atoms with van der Waals surface area (Å²) >= 11 is 1.81. The van der Waals surface area contributed by atoms with E-state index in [1.807, 2.05) is 18.7 Å². The summed E-state index contributed by atoms with van der Waals surface area (Å²) in [6, 6.07) is 8.29. The first kappa shape index (κ1) is 12.0. The van der Waals surface area contributed by atoms with E-state index >= 15 is 0 Å². The van der Waals surface area contributed by atoms with Crippen LogP contribution >= 0.6 is 11.8 Å². The predicted molar refractivity (Wildman–Crippen MR) is 72.6 cm³/mol. The van der Waals surface area contributed by atoms with Crippen LogP contribution in [0, 0.1) is 6.92 Å². The standard InChI is InChI=1S/C13H16N2OS/c1-4-17-11-7-5-10(6-8-11)12-9(2)13(16)15(3)14-12/h5-8,14H,4H2,1-3H3. The molecule has 0 fully saturated rings. The molecule has 0 spiro atoms. The Balaban J connectivity index is 2.40. The number of rotatable bonds is 3. The van der Waals surface area contributed by atoms with Crippen LogP contribution in [-0.2, 0) is 7.05 Å². The van der Waals surface area contributed by atoms with Crippen LogP contribution in [0.2, 0.25) is 0 Å². The quantitative estimate of drug-likeness (QED) is 0.848. The zero-order chi connectivity index (χ0) is 12.4. The van der Waals surface area contributed by atoms with Gasteiger partial charge in [-0.1, -0.05) is 19.1 Å². The van der Waals surface area contributed by atoms with E-state index in [0.29, 0.717) is 0 Å². The van der Waals surface area contributed by atoms with Crippen LogP contribution in [-0.4, -0.2) is 15.5 Å². The van der Waals surface area contributed by atoms with E-state index in [0.717, 1.165) is 22.6 Å². The van der Waals surface area contributed by atoms with E-state index in [1.165, 1.54) is 9.58 Å². The van der Waals surface area contributed by atoms with E-state index in [-0.39, 0.29) is 5.56 Å². The number of benzene rings is 1. The third-order valence-electron chi connectivity index (χ3n) is 2.73. The second-order valence-corrected chi connectivity index (χ2v) is 5.27. The smallest absolute Gasteiger partial charge is 0.269 e. The van der Waals surface area contributed by atoms with Crippen molar-refractivity contribution >= 4 is 11.8 Å². The Bertz CT molecular complexity index is 566. The number of aromatic amines is 1. The average Bonchev–Trinajstić information content (AvgIpc) is 2.59. The second kappa shape index (κ2) is 4.84. The molecule has 1 aromatic heterocycles. The Morgan fingerprint density at radius 1 is 1.29 bits per heavy atom. The molecule has 0 unspecified atom stereocenters. The summed E-state index contributed by atoms with van der Waals surface area (Å²) in [4.78, 5) is 12.9. The highest BCUT2D eigenvalue weighted by Crippen LogP contribution is 2.23. The maximum atomic E-state index is 11.7. The van der Waals surface area contributed by atoms with Gasteiger partial charge in [0.1, 0.15) is 0 Å². The summed E-state index contributed by atoms with van der Waals surface area (Å²) < 4.78 is 1.51. The molecule has 0 atom stereocenters. The molecule has 90 valence electrons. The lowest BCUT2D eigenvalue weighted by molar-refractivity contribution is 0.741. The molecule has 0 aliphatic carbocycles. The molecule has 0 radical (unpaired) electrons. The number of aryl methyl sites for hydroxylation is 1. The Hall–Kier alpha value is -1.42. The third-order valence-corrected chi connectivity index (χ3v) is 3.63. The predicted octanol–water partition coefficient (Wildman–Crippen LogP) is 2.80. The average molecular weight is 248 g/mol. The van der Waals surface area contributed by atoms with Gasteiger partial charge < -0.3 is 0 Å². The minimum absolute atomic E-state index is 0.0343. The van der Waals surface area contributed by atoms with E-state index in [2.05, 4.69) is 36.3 Å². The summed E-state index contributed by atoms with van der Waals surface area (Å²) in [6.45, 7) is 3.99. The first-order valence-corrected chi connectivity index (χ1v) is 6.61. The van der Waals surface area contributed by atoms with Crippen LogP contribution in [0.5, 0.6) is 0 Å². The summed E-state index contributed by atoms with van der Waals surface area (Å²) in [5.41, 5.74) is 2.77. The Kier molecular flexibility index (Phi) is 3.43. The van der Waals surface area contributed by atoms with Crippen molar-refractivity contribution in [3.8, 4) is 11.3 Å². The summed E-state index contributed by atoms with van der Waals surface area (Å²) in [5, 5.41) is 3.08. The fourth-order valence-corrected chi connectivity index (χ4v) is 2.49. The molecule has 0 bridgehead atoms. The number of H-pyrrole nitrogens is 1. The second-order valence-electron chi connectivity index (χ2n) is 3.93. The largest absolute Gasteiger partial charge is 0.295 e. The highest BCUT2D eigenvalue weighted by Gasteiger charge is 2.09. The molecule has 2 aromatic rings. The Labute approximate surface area is 105 Å². The monoisotopic (exact) mass is 248 g/mol. The van der Waals surface area contributed by atoms with Gasteiger partial charge in [0, 0.05) is 17.5 Å². The third kappa shape index (κ3) is 2.31. The molecule has 0 amide bonds. The SMILES string of the molecule is CCSc1ccc(-c2[nH]n(C)c(=O)c2C)cc1. The number of nitrogens with zero attached hydrogens (tertiary/aromatic N) is 1. The van der Waals surface area contributed by atoms with Crippen molar-refractivity contribution in [1.29, 1.82) is 0 Å². The van der Waals surface area contributed by atoms with Crippen molar-refractivity contribution < 1.29 is 0 Å². The van der Waals surface area contributed by atoms with Crippen molar-refractivity contribution in [2.24, 2.45) is 7.05 Å². The summed E-state index contributed by atoms with van der Waals surface area (Å²) in [5.74, 6) is 1.07. The van der Waals surface area contributed by atoms with E-state index in [1.54, 1.807) is 7.05 Å². The number of hydrogen-bond donors (Lipinski definition) is 1. The van der Waals surface area contributed by atoms with Crippen molar-refractivity contribution in [2.75, 3.05) is 5.75 Å². The number of hydrogen-bond acceptors (Lipinski definition) is 2. The van der Waals surface area contributed by atoms with Gasteiger partial charge in [-0.3, -0.25) is 14.6 Å². The summed E-state index contributed by atoms with van der Waals surface area (Å²) in [6.07, 6.45) is 0. The summed E-state index contributed by atoms with van der Waals surface area (Å²) in [7, 11) is 1.74. The lowest BCUT2D eigenvalue weighted by Gasteiger charge is -2.02. The van der Waals surface area contributed by atoms with Crippen molar-refractivity contribution in [3.63, 3.8) is 0 Å². The first-order valence-electron chi connectivity index (χ1n) is 5.62. The molecule has 17 heavy (non-hydrogen) atoms. The van der Waals surface area contributed by atoms with Crippen molar-refractivity contribution in [1.82, 2.24) is 9.78 Å². The van der Waals surface area contributed by atoms with Crippen LogP contribution < -0.4 is 5.56 Å². The van der Waals surface area contributed by atoms with E-state index in [4.69, 9.17) is 0 Å². The molecule has 3 nitrogen and oxygen atoms in total. The molecule has 0 saturated heterocycles. The minimum atomic E-state index is 0.0343. The van der Waals surface area contributed by atoms with Gasteiger partial charge in [-0.15, -0.1) is 11.8 Å². The Morgan fingerprint density at radius 3 is 2.41 bits per heavy atom. The molecule has 0 aliphatic rings. The highest BCUT2D eigenvalue weighted by molar-refractivity contribution is 7.99. The fourth-order valence-electron chi connectivity index (χ4n) is 1.83. The number of aromatic nitrogens is 2. The maximum Gasteiger partial charge on any atom is 0.269 e. The van der Waals surface area contributed by atoms with Gasteiger partial charge >= 0.3 is 0 Å². The van der Waals surface area contributed by atoms with Gasteiger partial charge in [-0.05, 0) is 30.4 Å². The van der Waals surface area contributed by atoms with Gasteiger partial charge in [-0.2, -0.15) is 0 Å². The molecular formula is C13H16N2OS. The molecule has 2 rings (SSSR count). The van der Waals surface area contributed by atoms with Crippen LogP contribution in [0.25, 0.3) is 11.3 Å². The molecular weight excluding hydrogens is 232 g/mol. The van der Waals surface area contributed by atoms with Crippen LogP contribution in [0.3, 0.4) is 0 Å².